The van der Waals surface area contributed by atoms with Crippen LogP contribution in [0.5, 0.6) is 0 Å². The van der Waals surface area contributed by atoms with E-state index in [1.54, 1.807) is 0 Å². The molecule has 1 aliphatic heterocycles. The van der Waals surface area contributed by atoms with Gasteiger partial charge in [-0.1, -0.05) is 0 Å². The zero-order chi connectivity index (χ0) is 6.74. The van der Waals surface area contributed by atoms with E-state index in [9.17, 15) is 8.78 Å². The fourth-order valence-corrected chi connectivity index (χ4v) is 1.05. The first-order valence-electron chi connectivity index (χ1n) is 3.22. The van der Waals surface area contributed by atoms with Gasteiger partial charge in [-0.15, -0.1) is 0 Å². The summed E-state index contributed by atoms with van der Waals surface area (Å²) in [6.07, 6.45) is 1.12. The highest BCUT2D eigenvalue weighted by Gasteiger charge is 2.31. The molecule has 1 rings (SSSR count). The molecule has 1 heterocycles. The second kappa shape index (κ2) is 2.60. The summed E-state index contributed by atoms with van der Waals surface area (Å²) in [4.78, 5) is 0. The minimum atomic E-state index is -1.56. The van der Waals surface area contributed by atoms with E-state index < -0.39 is 12.3 Å². The van der Waals surface area contributed by atoms with Crippen molar-refractivity contribution in [2.75, 3.05) is 19.8 Å². The molecule has 0 aliphatic carbocycles. The van der Waals surface area contributed by atoms with Gasteiger partial charge in [-0.05, 0) is 19.4 Å². The van der Waals surface area contributed by atoms with Gasteiger partial charge in [0.1, 0.15) is 6.67 Å². The predicted octanol–water partition coefficient (Wildman–Crippen LogP) is 1.05. The van der Waals surface area contributed by atoms with E-state index in [0.717, 1.165) is 13.0 Å². The molecule has 0 bridgehead atoms. The van der Waals surface area contributed by atoms with Gasteiger partial charge in [0.15, 0.2) is 5.67 Å². The van der Waals surface area contributed by atoms with Crippen LogP contribution in [0.1, 0.15) is 12.8 Å². The molecule has 0 aromatic carbocycles. The van der Waals surface area contributed by atoms with E-state index in [0.29, 0.717) is 6.42 Å². The topological polar surface area (TPSA) is 12.0 Å². The maximum absolute atomic E-state index is 12.9. The Labute approximate surface area is 53.4 Å². The molecule has 0 unspecified atom stereocenters. The molecular weight excluding hydrogens is 124 g/mol. The van der Waals surface area contributed by atoms with Crippen LogP contribution in [0.4, 0.5) is 8.78 Å². The molecule has 1 nitrogen and oxygen atoms in total. The van der Waals surface area contributed by atoms with Crippen molar-refractivity contribution in [2.45, 2.75) is 18.5 Å². The van der Waals surface area contributed by atoms with Crippen molar-refractivity contribution in [1.82, 2.24) is 5.32 Å². The predicted molar refractivity (Wildman–Crippen MR) is 31.9 cm³/mol. The quantitative estimate of drug-likeness (QED) is 0.566. The summed E-state index contributed by atoms with van der Waals surface area (Å²) in [5.41, 5.74) is -1.56. The molecule has 0 amide bonds. The van der Waals surface area contributed by atoms with Gasteiger partial charge in [0.05, 0.1) is 0 Å². The molecule has 0 radical (unpaired) electrons. The first kappa shape index (κ1) is 6.93. The molecule has 54 valence electrons. The largest absolute Gasteiger partial charge is 0.313 e. The molecule has 0 aromatic heterocycles. The zero-order valence-electron chi connectivity index (χ0n) is 5.29. The Morgan fingerprint density at radius 1 is 1.56 bits per heavy atom. The van der Waals surface area contributed by atoms with Gasteiger partial charge in [-0.3, -0.25) is 0 Å². The molecule has 9 heavy (non-hydrogen) atoms. The highest BCUT2D eigenvalue weighted by molar-refractivity contribution is 4.84. The molecule has 1 saturated heterocycles. The maximum atomic E-state index is 12.9. The Bertz CT molecular complexity index is 89.1. The maximum Gasteiger partial charge on any atom is 0.151 e. The first-order chi connectivity index (χ1) is 4.27. The minimum Gasteiger partial charge on any atom is -0.313 e. The third kappa shape index (κ3) is 1.61. The minimum absolute atomic E-state index is 0.184. The van der Waals surface area contributed by atoms with Crippen molar-refractivity contribution >= 4 is 0 Å². The van der Waals surface area contributed by atoms with Crippen molar-refractivity contribution in [2.24, 2.45) is 0 Å². The molecule has 1 aliphatic rings. The summed E-state index contributed by atoms with van der Waals surface area (Å²) in [7, 11) is 0. The van der Waals surface area contributed by atoms with Crippen molar-refractivity contribution in [1.29, 1.82) is 0 Å². The fourth-order valence-electron chi connectivity index (χ4n) is 1.05. The van der Waals surface area contributed by atoms with Crippen molar-refractivity contribution in [3.63, 3.8) is 0 Å². The average molecular weight is 135 g/mol. The van der Waals surface area contributed by atoms with Gasteiger partial charge in [0, 0.05) is 6.54 Å². The summed E-state index contributed by atoms with van der Waals surface area (Å²) in [6.45, 7) is 0.162. The van der Waals surface area contributed by atoms with Gasteiger partial charge >= 0.3 is 0 Å². The summed E-state index contributed by atoms with van der Waals surface area (Å²) < 4.78 is 24.7. The lowest BCUT2D eigenvalue weighted by Gasteiger charge is -2.26. The van der Waals surface area contributed by atoms with Crippen LogP contribution >= 0.6 is 0 Å². The Morgan fingerprint density at radius 3 is 2.67 bits per heavy atom. The van der Waals surface area contributed by atoms with E-state index >= 15 is 0 Å². The standard InChI is InChI=1S/C6H11F2N/c7-4-6(8)2-1-3-9-5-6/h9H,1-5H2/t6-/m1/s1. The van der Waals surface area contributed by atoms with Crippen LogP contribution in [0.15, 0.2) is 0 Å². The lowest BCUT2D eigenvalue weighted by atomic mass is 9.98. The number of piperidine rings is 1. The van der Waals surface area contributed by atoms with Crippen LogP contribution in [0.25, 0.3) is 0 Å². The number of alkyl halides is 2. The molecule has 1 fully saturated rings. The van der Waals surface area contributed by atoms with Crippen LogP contribution < -0.4 is 5.32 Å². The number of nitrogens with one attached hydrogen (secondary N) is 1. The highest BCUT2D eigenvalue weighted by Crippen LogP contribution is 2.20. The zero-order valence-corrected chi connectivity index (χ0v) is 5.29. The van der Waals surface area contributed by atoms with Crippen LogP contribution in [0, 0.1) is 0 Å². The van der Waals surface area contributed by atoms with E-state index in [1.165, 1.54) is 0 Å². The van der Waals surface area contributed by atoms with Crippen molar-refractivity contribution in [3.8, 4) is 0 Å². The summed E-state index contributed by atoms with van der Waals surface area (Å²) >= 11 is 0. The van der Waals surface area contributed by atoms with Crippen LogP contribution in [0.2, 0.25) is 0 Å². The van der Waals surface area contributed by atoms with Crippen LogP contribution in [0.3, 0.4) is 0 Å². The number of hydrogen-bond donors (Lipinski definition) is 1. The van der Waals surface area contributed by atoms with E-state index in [4.69, 9.17) is 0 Å². The van der Waals surface area contributed by atoms with E-state index in [2.05, 4.69) is 5.32 Å². The molecule has 0 aromatic rings. The number of halogens is 2. The number of hydrogen-bond acceptors (Lipinski definition) is 1. The second-order valence-corrected chi connectivity index (χ2v) is 2.56. The monoisotopic (exact) mass is 135 g/mol. The Morgan fingerprint density at radius 2 is 2.33 bits per heavy atom. The van der Waals surface area contributed by atoms with Crippen LogP contribution in [-0.2, 0) is 0 Å². The lowest BCUT2D eigenvalue weighted by molar-refractivity contribution is 0.0882. The first-order valence-corrected chi connectivity index (χ1v) is 3.22. The molecule has 0 saturated carbocycles. The van der Waals surface area contributed by atoms with Gasteiger partial charge in [-0.2, -0.15) is 0 Å². The highest BCUT2D eigenvalue weighted by atomic mass is 19.2. The van der Waals surface area contributed by atoms with Crippen LogP contribution in [-0.4, -0.2) is 25.4 Å². The smallest absolute Gasteiger partial charge is 0.151 e. The number of rotatable bonds is 1. The summed E-state index contributed by atoms with van der Waals surface area (Å²) in [6, 6.07) is 0. The average Bonchev–Trinajstić information content (AvgIpc) is 1.90. The third-order valence-corrected chi connectivity index (χ3v) is 1.66. The Kier molecular flexibility index (Phi) is 2.01. The summed E-state index contributed by atoms with van der Waals surface area (Å²) in [5.74, 6) is 0. The van der Waals surface area contributed by atoms with Gasteiger partial charge < -0.3 is 5.32 Å². The van der Waals surface area contributed by atoms with Crippen molar-refractivity contribution in [3.05, 3.63) is 0 Å². The second-order valence-electron chi connectivity index (χ2n) is 2.56. The molecule has 0 spiro atoms. The molecule has 1 atom stereocenters. The Balaban J connectivity index is 2.37. The molecule has 1 N–H and O–H groups in total. The lowest BCUT2D eigenvalue weighted by Crippen LogP contribution is -2.43. The fraction of sp³-hybridized carbons (Fsp3) is 1.00. The Hall–Kier alpha value is -0.180. The SMILES string of the molecule is FC[C@]1(F)CCCNC1. The molecular formula is C6H11F2N. The summed E-state index contributed by atoms with van der Waals surface area (Å²) in [5, 5.41) is 2.81. The molecule has 3 heteroatoms. The van der Waals surface area contributed by atoms with Gasteiger partial charge in [0.25, 0.3) is 0 Å². The van der Waals surface area contributed by atoms with E-state index in [-0.39, 0.29) is 6.54 Å². The normalized spacial score (nSPS) is 36.7. The van der Waals surface area contributed by atoms with Gasteiger partial charge in [-0.25, -0.2) is 8.78 Å². The third-order valence-electron chi connectivity index (χ3n) is 1.66. The van der Waals surface area contributed by atoms with Gasteiger partial charge in [0.2, 0.25) is 0 Å². The van der Waals surface area contributed by atoms with E-state index in [1.807, 2.05) is 0 Å². The van der Waals surface area contributed by atoms with Crippen molar-refractivity contribution < 1.29 is 8.78 Å².